The van der Waals surface area contributed by atoms with Gasteiger partial charge in [0.1, 0.15) is 5.75 Å². The van der Waals surface area contributed by atoms with Crippen LogP contribution in [0.2, 0.25) is 0 Å². The van der Waals surface area contributed by atoms with E-state index in [9.17, 15) is 0 Å². The number of aromatic nitrogens is 1. The number of nitrogens with zero attached hydrogens (tertiary/aromatic N) is 1. The molecule has 0 radical (unpaired) electrons. The van der Waals surface area contributed by atoms with Crippen LogP contribution in [0, 0.1) is 6.92 Å². The second-order valence-corrected chi connectivity index (χ2v) is 5.03. The highest BCUT2D eigenvalue weighted by atomic mass is 16.5. The lowest BCUT2D eigenvalue weighted by atomic mass is 10.2. The van der Waals surface area contributed by atoms with Gasteiger partial charge in [-0.05, 0) is 44.0 Å². The van der Waals surface area contributed by atoms with Crippen LogP contribution in [0.25, 0.3) is 0 Å². The molecule has 1 atom stereocenters. The number of ether oxygens (including phenoxy) is 1. The van der Waals surface area contributed by atoms with Gasteiger partial charge in [0.15, 0.2) is 0 Å². The summed E-state index contributed by atoms with van der Waals surface area (Å²) < 4.78 is 5.82. The first-order valence-corrected chi connectivity index (χ1v) is 7.09. The Morgan fingerprint density at radius 3 is 2.80 bits per heavy atom. The van der Waals surface area contributed by atoms with Crippen LogP contribution in [-0.4, -0.2) is 11.1 Å². The van der Waals surface area contributed by atoms with Crippen molar-refractivity contribution in [1.29, 1.82) is 0 Å². The van der Waals surface area contributed by atoms with Gasteiger partial charge >= 0.3 is 0 Å². The maximum atomic E-state index is 5.82. The molecular weight excluding hydrogens is 248 g/mol. The Bertz CT molecular complexity index is 537. The molecule has 1 unspecified atom stereocenters. The number of hydrogen-bond acceptors (Lipinski definition) is 3. The Balaban J connectivity index is 1.95. The molecule has 0 fully saturated rings. The summed E-state index contributed by atoms with van der Waals surface area (Å²) in [5.41, 5.74) is 3.27. The van der Waals surface area contributed by atoms with Crippen molar-refractivity contribution in [1.82, 2.24) is 4.98 Å². The largest absolute Gasteiger partial charge is 0.491 e. The molecule has 0 saturated heterocycles. The Hall–Kier alpha value is -2.03. The molecule has 0 saturated carbocycles. The van der Waals surface area contributed by atoms with Gasteiger partial charge in [0, 0.05) is 30.2 Å². The van der Waals surface area contributed by atoms with Crippen LogP contribution < -0.4 is 10.1 Å². The van der Waals surface area contributed by atoms with Crippen LogP contribution in [0.3, 0.4) is 0 Å². The van der Waals surface area contributed by atoms with E-state index in [2.05, 4.69) is 30.2 Å². The van der Waals surface area contributed by atoms with E-state index in [0.717, 1.165) is 30.1 Å². The number of aryl methyl sites for hydroxylation is 1. The molecular formula is C17H22N2O. The van der Waals surface area contributed by atoms with Gasteiger partial charge in [-0.2, -0.15) is 0 Å². The molecule has 0 spiro atoms. The average molecular weight is 270 g/mol. The summed E-state index contributed by atoms with van der Waals surface area (Å²) in [4.78, 5) is 4.29. The van der Waals surface area contributed by atoms with Crippen molar-refractivity contribution in [3.05, 3.63) is 53.9 Å². The van der Waals surface area contributed by atoms with E-state index < -0.39 is 0 Å². The molecule has 0 amide bonds. The Morgan fingerprint density at radius 1 is 1.25 bits per heavy atom. The van der Waals surface area contributed by atoms with E-state index in [4.69, 9.17) is 4.74 Å². The number of hydrogen-bond donors (Lipinski definition) is 1. The lowest BCUT2D eigenvalue weighted by Gasteiger charge is -2.14. The first-order chi connectivity index (χ1) is 9.67. The summed E-state index contributed by atoms with van der Waals surface area (Å²) in [6.07, 6.45) is 3.15. The van der Waals surface area contributed by atoms with E-state index in [1.165, 1.54) is 5.56 Å². The van der Waals surface area contributed by atoms with E-state index >= 15 is 0 Å². The number of anilines is 1. The molecule has 106 valence electrons. The fraction of sp³-hybridized carbons (Fsp3) is 0.353. The van der Waals surface area contributed by atoms with Crippen molar-refractivity contribution < 1.29 is 4.74 Å². The lowest BCUT2D eigenvalue weighted by Crippen LogP contribution is -2.09. The van der Waals surface area contributed by atoms with Crippen LogP contribution >= 0.6 is 0 Å². The fourth-order valence-corrected chi connectivity index (χ4v) is 1.80. The maximum Gasteiger partial charge on any atom is 0.121 e. The Morgan fingerprint density at radius 2 is 2.10 bits per heavy atom. The first kappa shape index (κ1) is 14.4. The molecule has 20 heavy (non-hydrogen) atoms. The van der Waals surface area contributed by atoms with Crippen molar-refractivity contribution in [3.63, 3.8) is 0 Å². The van der Waals surface area contributed by atoms with Crippen LogP contribution in [-0.2, 0) is 6.54 Å². The monoisotopic (exact) mass is 270 g/mol. The summed E-state index contributed by atoms with van der Waals surface area (Å²) in [6, 6.07) is 12.2. The fourth-order valence-electron chi connectivity index (χ4n) is 1.80. The van der Waals surface area contributed by atoms with Crippen LogP contribution in [0.5, 0.6) is 5.75 Å². The minimum Gasteiger partial charge on any atom is -0.491 e. The molecule has 0 aliphatic rings. The van der Waals surface area contributed by atoms with Crippen molar-refractivity contribution in [2.24, 2.45) is 0 Å². The standard InChI is InChI=1S/C17H22N2O/c1-4-14(3)20-17-7-5-6-16(10-17)19-12-15-9-8-13(2)18-11-15/h5-11,14,19H,4,12H2,1-3H3. The molecule has 1 N–H and O–H groups in total. The highest BCUT2D eigenvalue weighted by Crippen LogP contribution is 2.19. The third kappa shape index (κ3) is 4.26. The zero-order valence-corrected chi connectivity index (χ0v) is 12.4. The number of pyridine rings is 1. The molecule has 2 rings (SSSR count). The predicted octanol–water partition coefficient (Wildman–Crippen LogP) is 4.18. The van der Waals surface area contributed by atoms with E-state index in [0.29, 0.717) is 0 Å². The van der Waals surface area contributed by atoms with Gasteiger partial charge < -0.3 is 10.1 Å². The molecule has 0 aliphatic heterocycles. The first-order valence-electron chi connectivity index (χ1n) is 7.09. The zero-order valence-electron chi connectivity index (χ0n) is 12.4. The van der Waals surface area contributed by atoms with Crippen LogP contribution in [0.15, 0.2) is 42.6 Å². The average Bonchev–Trinajstić information content (AvgIpc) is 2.47. The van der Waals surface area contributed by atoms with E-state index in [1.54, 1.807) is 0 Å². The third-order valence-electron chi connectivity index (χ3n) is 3.22. The van der Waals surface area contributed by atoms with Crippen molar-refractivity contribution >= 4 is 5.69 Å². The molecule has 3 nitrogen and oxygen atoms in total. The normalized spacial score (nSPS) is 11.9. The van der Waals surface area contributed by atoms with Gasteiger partial charge in [-0.15, -0.1) is 0 Å². The smallest absolute Gasteiger partial charge is 0.121 e. The van der Waals surface area contributed by atoms with Gasteiger partial charge in [-0.25, -0.2) is 0 Å². The Labute approximate surface area is 121 Å². The minimum atomic E-state index is 0.242. The maximum absolute atomic E-state index is 5.82. The molecule has 1 aromatic carbocycles. The van der Waals surface area contributed by atoms with Gasteiger partial charge in [-0.1, -0.05) is 19.1 Å². The highest BCUT2D eigenvalue weighted by Gasteiger charge is 2.02. The molecule has 1 aromatic heterocycles. The minimum absolute atomic E-state index is 0.242. The van der Waals surface area contributed by atoms with Gasteiger partial charge in [-0.3, -0.25) is 4.98 Å². The summed E-state index contributed by atoms with van der Waals surface area (Å²) >= 11 is 0. The van der Waals surface area contributed by atoms with Crippen molar-refractivity contribution in [2.75, 3.05) is 5.32 Å². The second-order valence-electron chi connectivity index (χ2n) is 5.03. The molecule has 1 heterocycles. The predicted molar refractivity (Wildman–Crippen MR) is 83.1 cm³/mol. The van der Waals surface area contributed by atoms with Gasteiger partial charge in [0.05, 0.1) is 6.10 Å². The van der Waals surface area contributed by atoms with Gasteiger partial charge in [0.2, 0.25) is 0 Å². The van der Waals surface area contributed by atoms with Gasteiger partial charge in [0.25, 0.3) is 0 Å². The molecule has 2 aromatic rings. The number of rotatable bonds is 6. The van der Waals surface area contributed by atoms with Crippen LogP contribution in [0.1, 0.15) is 31.5 Å². The quantitative estimate of drug-likeness (QED) is 0.855. The van der Waals surface area contributed by atoms with E-state index in [1.807, 2.05) is 43.5 Å². The highest BCUT2D eigenvalue weighted by molar-refractivity contribution is 5.48. The lowest BCUT2D eigenvalue weighted by molar-refractivity contribution is 0.217. The summed E-state index contributed by atoms with van der Waals surface area (Å²) in [7, 11) is 0. The SMILES string of the molecule is CCC(C)Oc1cccc(NCc2ccc(C)nc2)c1. The topological polar surface area (TPSA) is 34.1 Å². The van der Waals surface area contributed by atoms with Crippen molar-refractivity contribution in [2.45, 2.75) is 39.8 Å². The second kappa shape index (κ2) is 6.94. The summed E-state index contributed by atoms with van der Waals surface area (Å²) in [5, 5.41) is 3.39. The van der Waals surface area contributed by atoms with Crippen molar-refractivity contribution in [3.8, 4) is 5.75 Å². The summed E-state index contributed by atoms with van der Waals surface area (Å²) in [5.74, 6) is 0.909. The molecule has 3 heteroatoms. The number of nitrogens with one attached hydrogen (secondary N) is 1. The Kier molecular flexibility index (Phi) is 4.99. The third-order valence-corrected chi connectivity index (χ3v) is 3.22. The van der Waals surface area contributed by atoms with Crippen LogP contribution in [0.4, 0.5) is 5.69 Å². The molecule has 0 aliphatic carbocycles. The number of benzene rings is 1. The summed E-state index contributed by atoms with van der Waals surface area (Å²) in [6.45, 7) is 6.96. The zero-order chi connectivity index (χ0) is 14.4. The molecule has 0 bridgehead atoms. The van der Waals surface area contributed by atoms with E-state index in [-0.39, 0.29) is 6.10 Å².